The Morgan fingerprint density at radius 3 is 2.63 bits per heavy atom. The molecule has 5 nitrogen and oxygen atoms in total. The highest BCUT2D eigenvalue weighted by atomic mass is 35.5. The topological polar surface area (TPSA) is 40.1 Å². The van der Waals surface area contributed by atoms with E-state index >= 15 is 0 Å². The van der Waals surface area contributed by atoms with Crippen LogP contribution in [-0.2, 0) is 11.3 Å². The van der Waals surface area contributed by atoms with Crippen molar-refractivity contribution in [3.05, 3.63) is 21.3 Å². The van der Waals surface area contributed by atoms with E-state index in [-0.39, 0.29) is 0 Å². The van der Waals surface area contributed by atoms with Gasteiger partial charge in [-0.1, -0.05) is 11.6 Å². The Hall–Kier alpha value is -0.820. The number of hydrogen-bond donors (Lipinski definition) is 1. The van der Waals surface area contributed by atoms with Crippen molar-refractivity contribution in [3.8, 4) is 0 Å². The van der Waals surface area contributed by atoms with Crippen LogP contribution in [0.2, 0.25) is 4.34 Å². The Morgan fingerprint density at radius 1 is 1.26 bits per heavy atom. The lowest BCUT2D eigenvalue weighted by molar-refractivity contribution is 0.129. The first-order valence-corrected chi connectivity index (χ1v) is 11.4. The molecule has 0 aromatic carbocycles. The van der Waals surface area contributed by atoms with Gasteiger partial charge in [0, 0.05) is 63.9 Å². The van der Waals surface area contributed by atoms with Crippen LogP contribution in [0.5, 0.6) is 0 Å². The molecule has 0 radical (unpaired) electrons. The molecule has 0 spiro atoms. The number of nitrogens with zero attached hydrogens (tertiary/aromatic N) is 3. The second kappa shape index (κ2) is 10.1. The maximum Gasteiger partial charge on any atom is 0.194 e. The van der Waals surface area contributed by atoms with Gasteiger partial charge in [0.15, 0.2) is 5.96 Å². The summed E-state index contributed by atoms with van der Waals surface area (Å²) in [5.41, 5.74) is 0.399. The van der Waals surface area contributed by atoms with Gasteiger partial charge in [-0.25, -0.2) is 0 Å². The van der Waals surface area contributed by atoms with Gasteiger partial charge in [0.2, 0.25) is 0 Å². The zero-order chi connectivity index (χ0) is 19.1. The summed E-state index contributed by atoms with van der Waals surface area (Å²) in [4.78, 5) is 11.3. The maximum atomic E-state index is 6.05. The third kappa shape index (κ3) is 6.34. The minimum atomic E-state index is 0.399. The van der Waals surface area contributed by atoms with Gasteiger partial charge in [-0.3, -0.25) is 9.89 Å². The summed E-state index contributed by atoms with van der Waals surface area (Å²) in [6.07, 6.45) is 3.72. The molecule has 0 unspecified atom stereocenters. The van der Waals surface area contributed by atoms with Crippen LogP contribution in [0.3, 0.4) is 0 Å². The quantitative estimate of drug-likeness (QED) is 0.381. The molecule has 1 aromatic heterocycles. The molecule has 1 saturated heterocycles. The molecular formula is C20H33ClN4OS. The van der Waals surface area contributed by atoms with E-state index in [0.717, 1.165) is 75.7 Å². The molecule has 2 aliphatic rings. The molecular weight excluding hydrogens is 380 g/mol. The van der Waals surface area contributed by atoms with Crippen molar-refractivity contribution in [2.75, 3.05) is 52.5 Å². The smallest absolute Gasteiger partial charge is 0.194 e. The molecule has 7 heteroatoms. The molecule has 0 atom stereocenters. The number of halogens is 1. The van der Waals surface area contributed by atoms with Crippen LogP contribution >= 0.6 is 22.9 Å². The summed E-state index contributed by atoms with van der Waals surface area (Å²) in [5, 5.41) is 3.50. The molecule has 27 heavy (non-hydrogen) atoms. The molecule has 0 amide bonds. The number of piperazine rings is 1. The highest BCUT2D eigenvalue weighted by Gasteiger charge is 2.42. The summed E-state index contributed by atoms with van der Waals surface area (Å²) >= 11 is 7.74. The lowest BCUT2D eigenvalue weighted by Crippen LogP contribution is -2.52. The predicted molar refractivity (Wildman–Crippen MR) is 115 cm³/mol. The van der Waals surface area contributed by atoms with Crippen molar-refractivity contribution in [3.63, 3.8) is 0 Å². The van der Waals surface area contributed by atoms with Crippen LogP contribution in [0, 0.1) is 5.41 Å². The van der Waals surface area contributed by atoms with Crippen LogP contribution in [-0.4, -0.2) is 68.2 Å². The van der Waals surface area contributed by atoms with Crippen molar-refractivity contribution in [1.82, 2.24) is 15.1 Å². The van der Waals surface area contributed by atoms with Gasteiger partial charge in [-0.2, -0.15) is 0 Å². The van der Waals surface area contributed by atoms with E-state index < -0.39 is 0 Å². The number of hydrogen-bond acceptors (Lipinski definition) is 4. The lowest BCUT2D eigenvalue weighted by atomic mass is 10.0. The number of guanidine groups is 1. The van der Waals surface area contributed by atoms with E-state index in [9.17, 15) is 0 Å². The van der Waals surface area contributed by atoms with Crippen LogP contribution in [0.15, 0.2) is 17.1 Å². The van der Waals surface area contributed by atoms with Crippen molar-refractivity contribution < 1.29 is 4.74 Å². The Kier molecular flexibility index (Phi) is 7.82. The average molecular weight is 413 g/mol. The third-order valence-electron chi connectivity index (χ3n) is 5.52. The average Bonchev–Trinajstić information content (AvgIpc) is 3.33. The SMILES string of the molecule is CCNC(=NCC1(CCOCC)CC1)N1CCN(Cc2ccc(Cl)s2)CC1. The number of aliphatic imine (C=N–C) groups is 1. The van der Waals surface area contributed by atoms with Gasteiger partial charge in [0.25, 0.3) is 0 Å². The van der Waals surface area contributed by atoms with Crippen LogP contribution in [0.25, 0.3) is 0 Å². The predicted octanol–water partition coefficient (Wildman–Crippen LogP) is 3.69. The summed E-state index contributed by atoms with van der Waals surface area (Å²) in [6, 6.07) is 4.13. The normalized spacial score (nSPS) is 20.1. The second-order valence-corrected chi connectivity index (χ2v) is 9.39. The molecule has 1 saturated carbocycles. The van der Waals surface area contributed by atoms with Crippen molar-refractivity contribution >= 4 is 28.9 Å². The van der Waals surface area contributed by atoms with Crippen LogP contribution in [0.4, 0.5) is 0 Å². The monoisotopic (exact) mass is 412 g/mol. The summed E-state index contributed by atoms with van der Waals surface area (Å²) in [5.74, 6) is 1.08. The fraction of sp³-hybridized carbons (Fsp3) is 0.750. The standard InChI is InChI=1S/C20H33ClN4OS/c1-3-22-19(23-16-20(7-8-20)9-14-26-4-2)25-12-10-24(11-13-25)15-17-5-6-18(21)27-17/h5-6H,3-4,7-16H2,1-2H3,(H,22,23). The van der Waals surface area contributed by atoms with Crippen molar-refractivity contribution in [1.29, 1.82) is 0 Å². The number of thiophene rings is 1. The van der Waals surface area contributed by atoms with Gasteiger partial charge < -0.3 is 15.0 Å². The van der Waals surface area contributed by atoms with E-state index in [2.05, 4.69) is 35.0 Å². The first-order valence-electron chi connectivity index (χ1n) is 10.2. The van der Waals surface area contributed by atoms with E-state index in [1.165, 1.54) is 17.7 Å². The van der Waals surface area contributed by atoms with Gasteiger partial charge in [-0.05, 0) is 50.7 Å². The molecule has 0 bridgehead atoms. The molecule has 2 heterocycles. The highest BCUT2D eigenvalue weighted by Crippen LogP contribution is 2.49. The minimum absolute atomic E-state index is 0.399. The minimum Gasteiger partial charge on any atom is -0.382 e. The summed E-state index contributed by atoms with van der Waals surface area (Å²) < 4.78 is 6.43. The van der Waals surface area contributed by atoms with Crippen molar-refractivity contribution in [2.24, 2.45) is 10.4 Å². The summed E-state index contributed by atoms with van der Waals surface area (Å²) in [7, 11) is 0. The first kappa shape index (κ1) is 20.9. The molecule has 1 aliphatic carbocycles. The van der Waals surface area contributed by atoms with Crippen LogP contribution < -0.4 is 5.32 Å². The zero-order valence-corrected chi connectivity index (χ0v) is 18.2. The summed E-state index contributed by atoms with van der Waals surface area (Å²) in [6.45, 7) is 12.9. The van der Waals surface area contributed by atoms with Gasteiger partial charge in [-0.15, -0.1) is 11.3 Å². The lowest BCUT2D eigenvalue weighted by Gasteiger charge is -2.36. The Balaban J connectivity index is 1.48. The van der Waals surface area contributed by atoms with Gasteiger partial charge in [0.05, 0.1) is 4.34 Å². The highest BCUT2D eigenvalue weighted by molar-refractivity contribution is 7.16. The van der Waals surface area contributed by atoms with E-state index in [1.54, 1.807) is 11.3 Å². The number of nitrogens with one attached hydrogen (secondary N) is 1. The molecule has 1 aliphatic heterocycles. The number of ether oxygens (including phenoxy) is 1. The van der Waals surface area contributed by atoms with Crippen LogP contribution in [0.1, 0.15) is 38.0 Å². The largest absolute Gasteiger partial charge is 0.382 e. The first-order chi connectivity index (χ1) is 13.1. The fourth-order valence-electron chi connectivity index (χ4n) is 3.54. The Bertz CT molecular complexity index is 609. The van der Waals surface area contributed by atoms with Gasteiger partial charge >= 0.3 is 0 Å². The Labute approximate surface area is 172 Å². The molecule has 152 valence electrons. The second-order valence-electron chi connectivity index (χ2n) is 7.59. The maximum absolute atomic E-state index is 6.05. The van der Waals surface area contributed by atoms with Crippen molar-refractivity contribution in [2.45, 2.75) is 39.7 Å². The molecule has 3 rings (SSSR count). The van der Waals surface area contributed by atoms with E-state index in [1.807, 2.05) is 6.07 Å². The molecule has 1 N–H and O–H groups in total. The Morgan fingerprint density at radius 2 is 2.04 bits per heavy atom. The fourth-order valence-corrected chi connectivity index (χ4v) is 4.67. The molecule has 1 aromatic rings. The van der Waals surface area contributed by atoms with E-state index in [4.69, 9.17) is 21.3 Å². The molecule has 2 fully saturated rings. The zero-order valence-electron chi connectivity index (χ0n) is 16.7. The number of rotatable bonds is 9. The van der Waals surface area contributed by atoms with E-state index in [0.29, 0.717) is 5.41 Å². The van der Waals surface area contributed by atoms with Gasteiger partial charge in [0.1, 0.15) is 0 Å². The third-order valence-corrected chi connectivity index (χ3v) is 6.73.